The van der Waals surface area contributed by atoms with E-state index in [1.807, 2.05) is 6.26 Å². The van der Waals surface area contributed by atoms with Gasteiger partial charge in [-0.2, -0.15) is 0 Å². The van der Waals surface area contributed by atoms with Gasteiger partial charge in [-0.3, -0.25) is 4.79 Å². The minimum atomic E-state index is 0.288. The molecule has 0 aliphatic heterocycles. The Kier molecular flexibility index (Phi) is 6.66. The third-order valence-corrected chi connectivity index (χ3v) is 2.00. The van der Waals surface area contributed by atoms with E-state index in [-0.39, 0.29) is 5.12 Å². The van der Waals surface area contributed by atoms with Crippen LogP contribution in [-0.2, 0) is 4.79 Å². The van der Waals surface area contributed by atoms with Crippen molar-refractivity contribution in [1.82, 2.24) is 5.32 Å². The molecule has 0 bridgehead atoms. The van der Waals surface area contributed by atoms with Crippen molar-refractivity contribution in [3.63, 3.8) is 0 Å². The van der Waals surface area contributed by atoms with Crippen LogP contribution in [0.2, 0.25) is 0 Å². The van der Waals surface area contributed by atoms with Crippen LogP contribution in [0, 0.1) is 0 Å². The van der Waals surface area contributed by atoms with Crippen molar-refractivity contribution in [3.05, 3.63) is 0 Å². The van der Waals surface area contributed by atoms with Crippen molar-refractivity contribution in [2.45, 2.75) is 32.7 Å². The van der Waals surface area contributed by atoms with E-state index in [4.69, 9.17) is 0 Å². The summed E-state index contributed by atoms with van der Waals surface area (Å²) >= 11 is 1.32. The van der Waals surface area contributed by atoms with E-state index in [9.17, 15) is 4.79 Å². The van der Waals surface area contributed by atoms with Crippen molar-refractivity contribution in [1.29, 1.82) is 0 Å². The second kappa shape index (κ2) is 6.68. The molecule has 11 heavy (non-hydrogen) atoms. The molecule has 2 nitrogen and oxygen atoms in total. The Labute approximate surface area is 73.1 Å². The Morgan fingerprint density at radius 3 is 2.64 bits per heavy atom. The van der Waals surface area contributed by atoms with Crippen molar-refractivity contribution in [3.8, 4) is 0 Å². The van der Waals surface area contributed by atoms with E-state index in [2.05, 4.69) is 19.2 Å². The first kappa shape index (κ1) is 11.0. The highest BCUT2D eigenvalue weighted by Gasteiger charge is 1.98. The summed E-state index contributed by atoms with van der Waals surface area (Å²) < 4.78 is 0. The zero-order valence-electron chi connectivity index (χ0n) is 7.52. The molecule has 0 aromatic heterocycles. The highest BCUT2D eigenvalue weighted by atomic mass is 32.2. The van der Waals surface area contributed by atoms with Crippen molar-refractivity contribution in [2.75, 3.05) is 12.8 Å². The van der Waals surface area contributed by atoms with Crippen LogP contribution >= 0.6 is 11.8 Å². The minimum Gasteiger partial charge on any atom is -0.315 e. The Morgan fingerprint density at radius 1 is 1.55 bits per heavy atom. The topological polar surface area (TPSA) is 29.1 Å². The fraction of sp³-hybridized carbons (Fsp3) is 0.875. The van der Waals surface area contributed by atoms with Crippen LogP contribution in [0.1, 0.15) is 26.7 Å². The maximum atomic E-state index is 10.8. The van der Waals surface area contributed by atoms with Gasteiger partial charge in [0.2, 0.25) is 0 Å². The van der Waals surface area contributed by atoms with Crippen molar-refractivity contribution >= 4 is 16.9 Å². The molecule has 66 valence electrons. The molecule has 0 saturated carbocycles. The number of thioether (sulfide) groups is 1. The molecule has 0 amide bonds. The Bertz CT molecular complexity index is 115. The van der Waals surface area contributed by atoms with Gasteiger partial charge in [0.15, 0.2) is 5.12 Å². The van der Waals surface area contributed by atoms with Crippen molar-refractivity contribution in [2.24, 2.45) is 0 Å². The maximum Gasteiger partial charge on any atom is 0.188 e. The lowest BCUT2D eigenvalue weighted by molar-refractivity contribution is -0.111. The van der Waals surface area contributed by atoms with Crippen molar-refractivity contribution < 1.29 is 4.79 Å². The van der Waals surface area contributed by atoms with Gasteiger partial charge in [-0.25, -0.2) is 0 Å². The second-order valence-corrected chi connectivity index (χ2v) is 3.65. The van der Waals surface area contributed by atoms with E-state index in [0.717, 1.165) is 13.0 Å². The molecule has 0 aromatic carbocycles. The number of nitrogens with one attached hydrogen (secondary N) is 1. The highest BCUT2D eigenvalue weighted by Crippen LogP contribution is 2.01. The molecule has 1 N–H and O–H groups in total. The number of hydrogen-bond acceptors (Lipinski definition) is 3. The summed E-state index contributed by atoms with van der Waals surface area (Å²) in [5.41, 5.74) is 0. The van der Waals surface area contributed by atoms with Gasteiger partial charge in [0.1, 0.15) is 0 Å². The molecule has 0 aromatic rings. The summed E-state index contributed by atoms with van der Waals surface area (Å²) in [4.78, 5) is 10.8. The van der Waals surface area contributed by atoms with Crippen LogP contribution in [0.4, 0.5) is 0 Å². The van der Waals surface area contributed by atoms with E-state index >= 15 is 0 Å². The molecule has 0 spiro atoms. The first-order valence-electron chi connectivity index (χ1n) is 3.97. The molecule has 0 rings (SSSR count). The van der Waals surface area contributed by atoms with Gasteiger partial charge in [-0.15, -0.1) is 0 Å². The lowest BCUT2D eigenvalue weighted by Gasteiger charge is -2.06. The van der Waals surface area contributed by atoms with Crippen LogP contribution in [0.15, 0.2) is 0 Å². The molecular weight excluding hydrogens is 158 g/mol. The fourth-order valence-electron chi connectivity index (χ4n) is 0.726. The largest absolute Gasteiger partial charge is 0.315 e. The normalized spacial score (nSPS) is 10.5. The average Bonchev–Trinajstić information content (AvgIpc) is 1.97. The summed E-state index contributed by atoms with van der Waals surface area (Å²) in [5, 5.41) is 3.55. The van der Waals surface area contributed by atoms with E-state index in [0.29, 0.717) is 12.5 Å². The zero-order valence-corrected chi connectivity index (χ0v) is 8.33. The third kappa shape index (κ3) is 7.88. The summed E-state index contributed by atoms with van der Waals surface area (Å²) in [7, 11) is 0. The summed E-state index contributed by atoms with van der Waals surface area (Å²) in [6.07, 6.45) is 3.48. The standard InChI is InChI=1S/C8H17NOS/c1-7(2)9-6-4-5-8(10)11-3/h7,9H,4-6H2,1-3H3. The Balaban J connectivity index is 3.08. The number of carbonyl (C=O) groups is 1. The van der Waals surface area contributed by atoms with Gasteiger partial charge in [-0.05, 0) is 19.2 Å². The monoisotopic (exact) mass is 175 g/mol. The lowest BCUT2D eigenvalue weighted by Crippen LogP contribution is -2.23. The van der Waals surface area contributed by atoms with Gasteiger partial charge < -0.3 is 5.32 Å². The highest BCUT2D eigenvalue weighted by molar-refractivity contribution is 8.13. The van der Waals surface area contributed by atoms with Crippen LogP contribution in [0.5, 0.6) is 0 Å². The van der Waals surface area contributed by atoms with Gasteiger partial charge >= 0.3 is 0 Å². The molecule has 0 unspecified atom stereocenters. The van der Waals surface area contributed by atoms with E-state index in [1.54, 1.807) is 0 Å². The molecule has 0 aliphatic rings. The zero-order chi connectivity index (χ0) is 8.69. The predicted octanol–water partition coefficient (Wildman–Crippen LogP) is 1.65. The van der Waals surface area contributed by atoms with Crippen LogP contribution in [0.3, 0.4) is 0 Å². The smallest absolute Gasteiger partial charge is 0.188 e. The van der Waals surface area contributed by atoms with Gasteiger partial charge in [0, 0.05) is 12.5 Å². The Hall–Kier alpha value is -0.0200. The number of carbonyl (C=O) groups excluding carboxylic acids is 1. The lowest BCUT2D eigenvalue weighted by atomic mass is 10.3. The number of rotatable bonds is 5. The molecule has 0 saturated heterocycles. The summed E-state index contributed by atoms with van der Waals surface area (Å²) in [6.45, 7) is 5.16. The molecule has 0 heterocycles. The van der Waals surface area contributed by atoms with E-state index in [1.165, 1.54) is 11.8 Å². The molecule has 0 radical (unpaired) electrons. The van der Waals surface area contributed by atoms with Gasteiger partial charge in [-0.1, -0.05) is 25.6 Å². The molecule has 0 fully saturated rings. The first-order valence-corrected chi connectivity index (χ1v) is 5.19. The number of hydrogen-bond donors (Lipinski definition) is 1. The van der Waals surface area contributed by atoms with Gasteiger partial charge in [0.05, 0.1) is 0 Å². The molecule has 0 atom stereocenters. The minimum absolute atomic E-state index is 0.288. The molecule has 3 heteroatoms. The predicted molar refractivity (Wildman–Crippen MR) is 50.9 cm³/mol. The summed E-state index contributed by atoms with van der Waals surface area (Å²) in [6, 6.07) is 0.527. The van der Waals surface area contributed by atoms with Crippen LogP contribution in [-0.4, -0.2) is 24.0 Å². The Morgan fingerprint density at radius 2 is 2.18 bits per heavy atom. The summed E-state index contributed by atoms with van der Waals surface area (Å²) in [5.74, 6) is 0. The quantitative estimate of drug-likeness (QED) is 0.644. The second-order valence-electron chi connectivity index (χ2n) is 2.79. The third-order valence-electron chi connectivity index (χ3n) is 1.34. The SMILES string of the molecule is CSC(=O)CCCNC(C)C. The molecular formula is C8H17NOS. The molecule has 0 aliphatic carbocycles. The van der Waals surface area contributed by atoms with E-state index < -0.39 is 0 Å². The van der Waals surface area contributed by atoms with Gasteiger partial charge in [0.25, 0.3) is 0 Å². The average molecular weight is 175 g/mol. The fourth-order valence-corrected chi connectivity index (χ4v) is 1.07. The van der Waals surface area contributed by atoms with Crippen LogP contribution in [0.25, 0.3) is 0 Å². The van der Waals surface area contributed by atoms with Crippen LogP contribution < -0.4 is 5.32 Å². The maximum absolute atomic E-state index is 10.8. The first-order chi connectivity index (χ1) is 5.16.